The molecule has 2 aromatic rings. The van der Waals surface area contributed by atoms with Gasteiger partial charge >= 0.3 is 13.1 Å². The lowest BCUT2D eigenvalue weighted by molar-refractivity contribution is 0.0684. The number of carboxylic acids is 1. The van der Waals surface area contributed by atoms with E-state index in [4.69, 9.17) is 9.39 Å². The molecule has 0 aliphatic carbocycles. The molecule has 0 atom stereocenters. The molecule has 0 radical (unpaired) electrons. The van der Waals surface area contributed by atoms with Crippen LogP contribution in [-0.4, -0.2) is 51.8 Å². The van der Waals surface area contributed by atoms with Crippen LogP contribution in [0.25, 0.3) is 0 Å². The Labute approximate surface area is 142 Å². The first-order chi connectivity index (χ1) is 11.6. The van der Waals surface area contributed by atoms with Crippen LogP contribution < -0.4 is 14.3 Å². The largest absolute Gasteiger partial charge is 0.535 e. The van der Waals surface area contributed by atoms with Crippen molar-refractivity contribution < 1.29 is 24.3 Å². The van der Waals surface area contributed by atoms with Gasteiger partial charge in [0, 0.05) is 11.5 Å². The number of nitrogens with zero attached hydrogens (tertiary/aromatic N) is 3. The molecule has 8 nitrogen and oxygen atoms in total. The Balaban J connectivity index is 1.53. The minimum absolute atomic E-state index is 0.0272. The van der Waals surface area contributed by atoms with Crippen molar-refractivity contribution in [1.82, 2.24) is 9.36 Å². The van der Waals surface area contributed by atoms with Crippen molar-refractivity contribution in [3.05, 3.63) is 29.6 Å². The van der Waals surface area contributed by atoms with Crippen molar-refractivity contribution in [3.8, 4) is 11.5 Å². The molecule has 1 aromatic heterocycles. The zero-order valence-electron chi connectivity index (χ0n) is 12.6. The molecule has 2 aliphatic rings. The second-order valence-electron chi connectivity index (χ2n) is 5.71. The Hall–Kier alpha value is -2.33. The fourth-order valence-electron chi connectivity index (χ4n) is 2.87. The van der Waals surface area contributed by atoms with Crippen LogP contribution in [0.3, 0.4) is 0 Å². The summed E-state index contributed by atoms with van der Waals surface area (Å²) in [6.45, 7) is 1.24. The monoisotopic (exact) mass is 347 g/mol. The highest BCUT2D eigenvalue weighted by atomic mass is 32.1. The number of aromatic carboxylic acids is 1. The average molecular weight is 347 g/mol. The molecule has 2 N–H and O–H groups in total. The van der Waals surface area contributed by atoms with Crippen LogP contribution in [0.2, 0.25) is 6.32 Å². The molecule has 0 unspecified atom stereocenters. The Bertz CT molecular complexity index is 766. The summed E-state index contributed by atoms with van der Waals surface area (Å²) in [6.07, 6.45) is 2.40. The van der Waals surface area contributed by atoms with Crippen LogP contribution in [0.1, 0.15) is 15.9 Å². The van der Waals surface area contributed by atoms with Crippen LogP contribution in [0, 0.1) is 0 Å². The summed E-state index contributed by atoms with van der Waals surface area (Å²) in [6, 6.07) is 3.46. The molecular formula is C14H14BN3O5S. The fourth-order valence-corrected chi connectivity index (χ4v) is 3.42. The number of carbonyl (C=O) groups is 1. The molecule has 1 fully saturated rings. The molecule has 4 rings (SSSR count). The van der Waals surface area contributed by atoms with Gasteiger partial charge in [0.1, 0.15) is 29.5 Å². The topological polar surface area (TPSA) is 105 Å². The third-order valence-electron chi connectivity index (χ3n) is 4.09. The molecule has 10 heteroatoms. The van der Waals surface area contributed by atoms with Crippen LogP contribution >= 0.6 is 11.5 Å². The van der Waals surface area contributed by atoms with Gasteiger partial charge in [0.05, 0.1) is 13.1 Å². The zero-order chi connectivity index (χ0) is 16.7. The van der Waals surface area contributed by atoms with Gasteiger partial charge in [-0.05, 0) is 24.4 Å². The molecule has 0 amide bonds. The van der Waals surface area contributed by atoms with Crippen molar-refractivity contribution in [1.29, 1.82) is 0 Å². The van der Waals surface area contributed by atoms with E-state index in [1.807, 2.05) is 4.90 Å². The maximum absolute atomic E-state index is 11.7. The van der Waals surface area contributed by atoms with Crippen LogP contribution in [0.5, 0.6) is 11.5 Å². The number of rotatable bonds is 4. The Kier molecular flexibility index (Phi) is 3.77. The van der Waals surface area contributed by atoms with Gasteiger partial charge in [-0.25, -0.2) is 9.78 Å². The summed E-state index contributed by atoms with van der Waals surface area (Å²) in [5.74, 6) is -0.660. The van der Waals surface area contributed by atoms with E-state index in [9.17, 15) is 14.9 Å². The smallest absolute Gasteiger partial charge is 0.522 e. The number of anilines is 1. The van der Waals surface area contributed by atoms with E-state index < -0.39 is 13.1 Å². The van der Waals surface area contributed by atoms with E-state index in [1.165, 1.54) is 17.9 Å². The van der Waals surface area contributed by atoms with Gasteiger partial charge < -0.3 is 24.4 Å². The van der Waals surface area contributed by atoms with E-state index in [0.717, 1.165) is 10.7 Å². The Morgan fingerprint density at radius 2 is 2.29 bits per heavy atom. The third kappa shape index (κ3) is 2.67. The highest BCUT2D eigenvalue weighted by Gasteiger charge is 2.34. The lowest BCUT2D eigenvalue weighted by atomic mass is 9.78. The van der Waals surface area contributed by atoms with Gasteiger partial charge in [0.15, 0.2) is 0 Å². The Morgan fingerprint density at radius 1 is 1.46 bits per heavy atom. The lowest BCUT2D eigenvalue weighted by Gasteiger charge is -2.38. The number of fused-ring (bicyclic) bond motifs is 1. The number of aryl methyl sites for hydroxylation is 1. The molecular weight excluding hydrogens is 333 g/mol. The number of hydrogen-bond donors (Lipinski definition) is 2. The standard InChI is InChI=1S/C14H14BN3O5S/c19-13(20)11-10(2-1-8-3-4-15(21)23-12(8)11)22-9-5-18(6-9)14-16-7-17-24-14/h1-2,7,9,21H,3-6H2,(H,19,20). The number of ether oxygens (including phenoxy) is 1. The minimum atomic E-state index is -1.13. The van der Waals surface area contributed by atoms with Crippen LogP contribution in [-0.2, 0) is 6.42 Å². The first kappa shape index (κ1) is 15.2. The molecule has 24 heavy (non-hydrogen) atoms. The maximum atomic E-state index is 11.7. The van der Waals surface area contributed by atoms with E-state index in [0.29, 0.717) is 25.8 Å². The second-order valence-corrected chi connectivity index (χ2v) is 6.47. The van der Waals surface area contributed by atoms with Gasteiger partial charge in [-0.3, -0.25) is 0 Å². The molecule has 0 spiro atoms. The van der Waals surface area contributed by atoms with Crippen molar-refractivity contribution in [3.63, 3.8) is 0 Å². The molecule has 0 bridgehead atoms. The summed E-state index contributed by atoms with van der Waals surface area (Å²) >= 11 is 1.31. The van der Waals surface area contributed by atoms with Crippen LogP contribution in [0.4, 0.5) is 5.13 Å². The molecule has 3 heterocycles. The normalized spacial score (nSPS) is 17.0. The molecule has 0 saturated carbocycles. The quantitative estimate of drug-likeness (QED) is 0.787. The first-order valence-electron chi connectivity index (χ1n) is 7.54. The summed E-state index contributed by atoms with van der Waals surface area (Å²) in [5, 5.41) is 20.0. The highest BCUT2D eigenvalue weighted by Crippen LogP contribution is 2.37. The molecule has 124 valence electrons. The number of carboxylic acid groups (broad SMARTS) is 1. The highest BCUT2D eigenvalue weighted by molar-refractivity contribution is 7.09. The van der Waals surface area contributed by atoms with Gasteiger partial charge in [-0.15, -0.1) is 0 Å². The minimum Gasteiger partial charge on any atom is -0.535 e. The molecule has 1 aromatic carbocycles. The van der Waals surface area contributed by atoms with Crippen LogP contribution in [0.15, 0.2) is 18.5 Å². The van der Waals surface area contributed by atoms with E-state index in [-0.39, 0.29) is 23.2 Å². The second kappa shape index (κ2) is 5.95. The summed E-state index contributed by atoms with van der Waals surface area (Å²) < 4.78 is 15.1. The lowest BCUT2D eigenvalue weighted by Crippen LogP contribution is -2.54. The molecule has 1 saturated heterocycles. The number of hydrogen-bond acceptors (Lipinski definition) is 8. The summed E-state index contributed by atoms with van der Waals surface area (Å²) in [5.41, 5.74) is 0.745. The molecule has 2 aliphatic heterocycles. The predicted molar refractivity (Wildman–Crippen MR) is 87.1 cm³/mol. The van der Waals surface area contributed by atoms with E-state index >= 15 is 0 Å². The van der Waals surface area contributed by atoms with E-state index in [2.05, 4.69) is 9.36 Å². The third-order valence-corrected chi connectivity index (χ3v) is 4.82. The van der Waals surface area contributed by atoms with Crippen molar-refractivity contribution in [2.24, 2.45) is 0 Å². The van der Waals surface area contributed by atoms with Gasteiger partial charge in [0.25, 0.3) is 0 Å². The SMILES string of the molecule is O=C(O)c1c(OC2CN(c3ncns3)C2)ccc2c1OB(O)CC2. The average Bonchev–Trinajstić information content (AvgIpc) is 3.03. The predicted octanol–water partition coefficient (Wildman–Crippen LogP) is 0.919. The van der Waals surface area contributed by atoms with Crippen molar-refractivity contribution in [2.75, 3.05) is 18.0 Å². The Morgan fingerprint density at radius 3 is 3.00 bits per heavy atom. The van der Waals surface area contributed by atoms with E-state index in [1.54, 1.807) is 12.1 Å². The maximum Gasteiger partial charge on any atom is 0.522 e. The first-order valence-corrected chi connectivity index (χ1v) is 8.31. The van der Waals surface area contributed by atoms with Gasteiger partial charge in [-0.1, -0.05) is 6.07 Å². The van der Waals surface area contributed by atoms with Gasteiger partial charge in [-0.2, -0.15) is 4.37 Å². The summed E-state index contributed by atoms with van der Waals surface area (Å²) in [4.78, 5) is 17.8. The van der Waals surface area contributed by atoms with Crippen molar-refractivity contribution in [2.45, 2.75) is 18.8 Å². The zero-order valence-corrected chi connectivity index (χ0v) is 13.4. The number of benzene rings is 1. The number of aromatic nitrogens is 2. The van der Waals surface area contributed by atoms with Gasteiger partial charge in [0.2, 0.25) is 5.13 Å². The van der Waals surface area contributed by atoms with Crippen molar-refractivity contribution >= 4 is 29.8 Å². The fraction of sp³-hybridized carbons (Fsp3) is 0.357. The summed E-state index contributed by atoms with van der Waals surface area (Å²) in [7, 11) is -0.984.